The number of carbonyl (C=O) groups is 2. The number of halogens is 1. The van der Waals surface area contributed by atoms with Gasteiger partial charge in [0.1, 0.15) is 10.8 Å². The van der Waals surface area contributed by atoms with Gasteiger partial charge in [-0.2, -0.15) is 0 Å². The molecule has 0 radical (unpaired) electrons. The average Bonchev–Trinajstić information content (AvgIpc) is 2.83. The van der Waals surface area contributed by atoms with E-state index in [0.29, 0.717) is 22.0 Å². The Morgan fingerprint density at radius 1 is 1.42 bits per heavy atom. The fraction of sp³-hybridized carbons (Fsp3) is 0.333. The summed E-state index contributed by atoms with van der Waals surface area (Å²) in [5.74, 6) is -0.607. The number of hydrogen-bond acceptors (Lipinski definition) is 3. The number of hydrogen-bond donors (Lipinski definition) is 2. The van der Waals surface area contributed by atoms with Gasteiger partial charge in [-0.1, -0.05) is 19.1 Å². The number of amides is 2. The standard InChI is InChI=1S/C18H19FN2O2S/c1-10-5-6-13-14(7-10)24-18(16(13)17(20)23)21-15(22)9-11-3-2-4-12(19)8-11/h2-4,8,10H,5-7,9H2,1H3,(H2,20,23)(H,21,22)/t10-/m0/s1. The number of anilines is 1. The van der Waals surface area contributed by atoms with Gasteiger partial charge in [-0.05, 0) is 48.4 Å². The Balaban J connectivity index is 1.82. The number of carbonyl (C=O) groups excluding carboxylic acids is 2. The lowest BCUT2D eigenvalue weighted by molar-refractivity contribution is -0.115. The Kier molecular flexibility index (Phi) is 4.66. The summed E-state index contributed by atoms with van der Waals surface area (Å²) in [6.07, 6.45) is 2.78. The number of nitrogens with two attached hydrogens (primary N) is 1. The second-order valence-corrected chi connectivity index (χ2v) is 7.38. The highest BCUT2D eigenvalue weighted by Crippen LogP contribution is 2.39. The van der Waals surface area contributed by atoms with Gasteiger partial charge in [0, 0.05) is 4.88 Å². The van der Waals surface area contributed by atoms with Crippen LogP contribution in [0.4, 0.5) is 9.39 Å². The molecule has 3 rings (SSSR count). The summed E-state index contributed by atoms with van der Waals surface area (Å²) in [5, 5.41) is 3.30. The molecule has 1 aromatic carbocycles. The van der Waals surface area contributed by atoms with E-state index in [-0.39, 0.29) is 18.1 Å². The molecule has 126 valence electrons. The molecule has 0 unspecified atom stereocenters. The van der Waals surface area contributed by atoms with Crippen molar-refractivity contribution in [2.24, 2.45) is 11.7 Å². The van der Waals surface area contributed by atoms with Crippen molar-refractivity contribution < 1.29 is 14.0 Å². The SMILES string of the molecule is C[C@H]1CCc2c(sc(NC(=O)Cc3cccc(F)c3)c2C(N)=O)C1. The molecule has 24 heavy (non-hydrogen) atoms. The zero-order valence-corrected chi connectivity index (χ0v) is 14.2. The monoisotopic (exact) mass is 346 g/mol. The van der Waals surface area contributed by atoms with Gasteiger partial charge in [-0.25, -0.2) is 4.39 Å². The van der Waals surface area contributed by atoms with Crippen LogP contribution in [0.2, 0.25) is 0 Å². The molecule has 2 amide bonds. The fourth-order valence-corrected chi connectivity index (χ4v) is 4.53. The van der Waals surface area contributed by atoms with Gasteiger partial charge in [0.25, 0.3) is 5.91 Å². The first-order valence-corrected chi connectivity index (χ1v) is 8.74. The van der Waals surface area contributed by atoms with Gasteiger partial charge in [0.2, 0.25) is 5.91 Å². The molecule has 0 fully saturated rings. The van der Waals surface area contributed by atoms with Crippen LogP contribution in [0.5, 0.6) is 0 Å². The van der Waals surface area contributed by atoms with E-state index >= 15 is 0 Å². The first kappa shape index (κ1) is 16.6. The maximum Gasteiger partial charge on any atom is 0.251 e. The van der Waals surface area contributed by atoms with Crippen molar-refractivity contribution >= 4 is 28.2 Å². The van der Waals surface area contributed by atoms with Gasteiger partial charge in [-0.15, -0.1) is 11.3 Å². The van der Waals surface area contributed by atoms with Crippen molar-refractivity contribution in [1.29, 1.82) is 0 Å². The molecule has 0 saturated carbocycles. The molecule has 2 aromatic rings. The molecule has 0 aliphatic heterocycles. The van der Waals surface area contributed by atoms with Crippen molar-refractivity contribution in [3.63, 3.8) is 0 Å². The fourth-order valence-electron chi connectivity index (χ4n) is 3.10. The van der Waals surface area contributed by atoms with Crippen LogP contribution in [0, 0.1) is 11.7 Å². The number of thiophene rings is 1. The summed E-state index contributed by atoms with van der Waals surface area (Å²) < 4.78 is 13.2. The summed E-state index contributed by atoms with van der Waals surface area (Å²) in [4.78, 5) is 25.2. The van der Waals surface area contributed by atoms with Crippen molar-refractivity contribution in [1.82, 2.24) is 0 Å². The molecule has 6 heteroatoms. The molecular formula is C18H19FN2O2S. The summed E-state index contributed by atoms with van der Waals surface area (Å²) in [5.41, 5.74) is 7.54. The quantitative estimate of drug-likeness (QED) is 0.892. The highest BCUT2D eigenvalue weighted by Gasteiger charge is 2.27. The summed E-state index contributed by atoms with van der Waals surface area (Å²) >= 11 is 1.43. The first-order chi connectivity index (χ1) is 11.4. The van der Waals surface area contributed by atoms with E-state index in [0.717, 1.165) is 29.7 Å². The smallest absolute Gasteiger partial charge is 0.251 e. The van der Waals surface area contributed by atoms with E-state index in [4.69, 9.17) is 5.73 Å². The predicted molar refractivity (Wildman–Crippen MR) is 92.8 cm³/mol. The first-order valence-electron chi connectivity index (χ1n) is 7.92. The van der Waals surface area contributed by atoms with Crippen LogP contribution in [-0.2, 0) is 24.1 Å². The maximum absolute atomic E-state index is 13.2. The second kappa shape index (κ2) is 6.73. The molecule has 1 atom stereocenters. The summed E-state index contributed by atoms with van der Waals surface area (Å²) in [6, 6.07) is 5.92. The third-order valence-corrected chi connectivity index (χ3v) is 5.43. The molecule has 0 spiro atoms. The van der Waals surface area contributed by atoms with Crippen LogP contribution in [0.3, 0.4) is 0 Å². The van der Waals surface area contributed by atoms with Crippen LogP contribution in [0.15, 0.2) is 24.3 Å². The third-order valence-electron chi connectivity index (χ3n) is 4.26. The zero-order valence-electron chi connectivity index (χ0n) is 13.4. The Labute approximate surface area is 143 Å². The number of benzene rings is 1. The van der Waals surface area contributed by atoms with Gasteiger partial charge in [0.15, 0.2) is 0 Å². The lowest BCUT2D eigenvalue weighted by atomic mass is 9.88. The Morgan fingerprint density at radius 3 is 2.92 bits per heavy atom. The molecule has 1 aliphatic carbocycles. The lowest BCUT2D eigenvalue weighted by Crippen LogP contribution is -2.20. The van der Waals surface area contributed by atoms with E-state index in [9.17, 15) is 14.0 Å². The largest absolute Gasteiger partial charge is 0.365 e. The second-order valence-electron chi connectivity index (χ2n) is 6.28. The van der Waals surface area contributed by atoms with Gasteiger partial charge < -0.3 is 11.1 Å². The van der Waals surface area contributed by atoms with Crippen LogP contribution in [0.25, 0.3) is 0 Å². The van der Waals surface area contributed by atoms with Crippen LogP contribution < -0.4 is 11.1 Å². The Hall–Kier alpha value is -2.21. The topological polar surface area (TPSA) is 72.2 Å². The third kappa shape index (κ3) is 3.48. The van der Waals surface area contributed by atoms with E-state index < -0.39 is 5.91 Å². The van der Waals surface area contributed by atoms with Gasteiger partial charge in [0.05, 0.1) is 12.0 Å². The highest BCUT2D eigenvalue weighted by molar-refractivity contribution is 7.17. The van der Waals surface area contributed by atoms with Crippen molar-refractivity contribution in [3.8, 4) is 0 Å². The van der Waals surface area contributed by atoms with Crippen LogP contribution in [0.1, 0.15) is 39.7 Å². The van der Waals surface area contributed by atoms with Gasteiger partial charge in [-0.3, -0.25) is 9.59 Å². The summed E-state index contributed by atoms with van der Waals surface area (Å²) in [6.45, 7) is 2.18. The molecule has 0 bridgehead atoms. The predicted octanol–water partition coefficient (Wildman–Crippen LogP) is 3.29. The molecular weight excluding hydrogens is 327 g/mol. The van der Waals surface area contributed by atoms with E-state index in [1.165, 1.54) is 23.5 Å². The van der Waals surface area contributed by atoms with E-state index in [1.807, 2.05) is 0 Å². The number of nitrogens with one attached hydrogen (secondary N) is 1. The maximum atomic E-state index is 13.2. The van der Waals surface area contributed by atoms with Crippen LogP contribution in [-0.4, -0.2) is 11.8 Å². The minimum Gasteiger partial charge on any atom is -0.365 e. The van der Waals surface area contributed by atoms with Crippen molar-refractivity contribution in [2.75, 3.05) is 5.32 Å². The zero-order chi connectivity index (χ0) is 17.3. The number of fused-ring (bicyclic) bond motifs is 1. The van der Waals surface area contributed by atoms with Crippen molar-refractivity contribution in [3.05, 3.63) is 51.7 Å². The average molecular weight is 346 g/mol. The van der Waals surface area contributed by atoms with Gasteiger partial charge >= 0.3 is 0 Å². The van der Waals surface area contributed by atoms with E-state index in [1.54, 1.807) is 12.1 Å². The molecule has 1 aliphatic rings. The minimum atomic E-state index is -0.511. The molecule has 0 saturated heterocycles. The molecule has 3 N–H and O–H groups in total. The molecule has 1 aromatic heterocycles. The normalized spacial score (nSPS) is 16.5. The Bertz CT molecular complexity index is 800. The lowest BCUT2D eigenvalue weighted by Gasteiger charge is -2.18. The Morgan fingerprint density at radius 2 is 2.21 bits per heavy atom. The highest BCUT2D eigenvalue weighted by atomic mass is 32.1. The summed E-state index contributed by atoms with van der Waals surface area (Å²) in [7, 11) is 0. The molecule has 1 heterocycles. The number of rotatable bonds is 4. The molecule has 4 nitrogen and oxygen atoms in total. The van der Waals surface area contributed by atoms with Crippen LogP contribution >= 0.6 is 11.3 Å². The van der Waals surface area contributed by atoms with E-state index in [2.05, 4.69) is 12.2 Å². The number of primary amides is 1. The van der Waals surface area contributed by atoms with Crippen molar-refractivity contribution in [2.45, 2.75) is 32.6 Å². The minimum absolute atomic E-state index is 0.0505.